The number of ether oxygens (including phenoxy) is 1. The largest absolute Gasteiger partial charge is 0.488 e. The van der Waals surface area contributed by atoms with Gasteiger partial charge in [0.2, 0.25) is 0 Å². The Morgan fingerprint density at radius 3 is 2.74 bits per heavy atom. The first-order valence-electron chi connectivity index (χ1n) is 11.6. The van der Waals surface area contributed by atoms with E-state index in [0.717, 1.165) is 65.4 Å². The third-order valence-electron chi connectivity index (χ3n) is 6.33. The summed E-state index contributed by atoms with van der Waals surface area (Å²) in [6, 6.07) is 20.4. The van der Waals surface area contributed by atoms with Crippen molar-refractivity contribution in [3.8, 4) is 17.1 Å². The fourth-order valence-corrected chi connectivity index (χ4v) is 4.59. The number of aromatic nitrogens is 4. The van der Waals surface area contributed by atoms with Gasteiger partial charge in [0.25, 0.3) is 0 Å². The highest BCUT2D eigenvalue weighted by atomic mass is 16.5. The topological polar surface area (TPSA) is 66.9 Å². The lowest BCUT2D eigenvalue weighted by molar-refractivity contribution is 0.243. The van der Waals surface area contributed by atoms with Gasteiger partial charge in [-0.2, -0.15) is 0 Å². The molecule has 0 spiro atoms. The molecule has 0 saturated carbocycles. The Kier molecular flexibility index (Phi) is 5.49. The first-order valence-corrected chi connectivity index (χ1v) is 11.6. The molecule has 0 saturated heterocycles. The maximum atomic E-state index is 6.24. The maximum Gasteiger partial charge on any atom is 0.159 e. The Morgan fingerprint density at radius 2 is 1.85 bits per heavy atom. The lowest BCUT2D eigenvalue weighted by Gasteiger charge is -2.28. The number of hydrogen-bond donors (Lipinski definition) is 1. The first kappa shape index (κ1) is 20.6. The normalized spacial score (nSPS) is 13.6. The molecule has 0 unspecified atom stereocenters. The van der Waals surface area contributed by atoms with Gasteiger partial charge in [0.05, 0.1) is 5.69 Å². The fraction of sp³-hybridized carbons (Fsp3) is 0.179. The van der Waals surface area contributed by atoms with E-state index in [9.17, 15) is 0 Å². The predicted octanol–water partition coefficient (Wildman–Crippen LogP) is 5.16. The summed E-state index contributed by atoms with van der Waals surface area (Å²) in [6.07, 6.45) is 8.56. The van der Waals surface area contributed by atoms with Crippen molar-refractivity contribution in [1.82, 2.24) is 24.8 Å². The van der Waals surface area contributed by atoms with E-state index < -0.39 is 0 Å². The number of aromatic amines is 1. The minimum Gasteiger partial charge on any atom is -0.488 e. The molecular formula is C28H25N5O. The summed E-state index contributed by atoms with van der Waals surface area (Å²) < 4.78 is 6.24. The molecule has 0 atom stereocenters. The third-order valence-corrected chi connectivity index (χ3v) is 6.33. The molecule has 0 fully saturated rings. The molecule has 2 aromatic carbocycles. The van der Waals surface area contributed by atoms with Crippen LogP contribution in [0.15, 0.2) is 85.5 Å². The lowest BCUT2D eigenvalue weighted by Crippen LogP contribution is -2.30. The lowest BCUT2D eigenvalue weighted by atomic mass is 10.1. The monoisotopic (exact) mass is 447 g/mol. The molecule has 34 heavy (non-hydrogen) atoms. The van der Waals surface area contributed by atoms with Crippen LogP contribution in [-0.2, 0) is 26.1 Å². The Balaban J connectivity index is 1.20. The second kappa shape index (κ2) is 9.08. The average Bonchev–Trinajstić information content (AvgIpc) is 3.31. The maximum absolute atomic E-state index is 6.24. The SMILES string of the molecule is c1ccc(COc2cccc3[nH]cc(CN4CCc5nc(-c6ccncc6)ncc5C4)c23)cc1. The molecular weight excluding hydrogens is 422 g/mol. The van der Waals surface area contributed by atoms with Crippen LogP contribution in [0.25, 0.3) is 22.3 Å². The van der Waals surface area contributed by atoms with Crippen LogP contribution in [0.1, 0.15) is 22.4 Å². The van der Waals surface area contributed by atoms with Crippen molar-refractivity contribution < 1.29 is 4.74 Å². The molecule has 168 valence electrons. The standard InChI is InChI=1S/C28H25N5O/c1-2-5-20(6-3-1)19-34-26-8-4-7-25-27(26)23(16-30-25)18-33-14-11-24-22(17-33)15-31-28(32-24)21-9-12-29-13-10-21/h1-10,12-13,15-16,30H,11,14,17-19H2. The summed E-state index contributed by atoms with van der Waals surface area (Å²) in [7, 11) is 0. The molecule has 0 aliphatic carbocycles. The van der Waals surface area contributed by atoms with Gasteiger partial charge in [-0.3, -0.25) is 9.88 Å². The fourth-order valence-electron chi connectivity index (χ4n) is 4.59. The van der Waals surface area contributed by atoms with E-state index in [1.54, 1.807) is 12.4 Å². The summed E-state index contributed by atoms with van der Waals surface area (Å²) in [5.74, 6) is 1.69. The van der Waals surface area contributed by atoms with Gasteiger partial charge in [-0.1, -0.05) is 36.4 Å². The molecule has 6 nitrogen and oxygen atoms in total. The third kappa shape index (κ3) is 4.16. The van der Waals surface area contributed by atoms with Crippen molar-refractivity contribution in [2.75, 3.05) is 6.54 Å². The highest BCUT2D eigenvalue weighted by molar-refractivity contribution is 5.89. The highest BCUT2D eigenvalue weighted by Gasteiger charge is 2.21. The van der Waals surface area contributed by atoms with Gasteiger partial charge in [-0.25, -0.2) is 9.97 Å². The van der Waals surface area contributed by atoms with E-state index in [2.05, 4.69) is 50.3 Å². The summed E-state index contributed by atoms with van der Waals surface area (Å²) in [4.78, 5) is 19.4. The van der Waals surface area contributed by atoms with Crippen molar-refractivity contribution in [3.05, 3.63) is 108 Å². The number of benzene rings is 2. The Labute approximate surface area is 198 Å². The second-order valence-electron chi connectivity index (χ2n) is 8.63. The average molecular weight is 448 g/mol. The van der Waals surface area contributed by atoms with Gasteiger partial charge in [-0.15, -0.1) is 0 Å². The van der Waals surface area contributed by atoms with E-state index in [1.165, 1.54) is 11.1 Å². The van der Waals surface area contributed by atoms with Crippen LogP contribution in [0.5, 0.6) is 5.75 Å². The van der Waals surface area contributed by atoms with Crippen LogP contribution < -0.4 is 4.74 Å². The van der Waals surface area contributed by atoms with Crippen molar-refractivity contribution in [1.29, 1.82) is 0 Å². The van der Waals surface area contributed by atoms with Crippen LogP contribution in [0.4, 0.5) is 0 Å². The molecule has 4 heterocycles. The van der Waals surface area contributed by atoms with Crippen LogP contribution in [-0.4, -0.2) is 31.4 Å². The number of hydrogen-bond acceptors (Lipinski definition) is 5. The number of rotatable bonds is 6. The Hall–Kier alpha value is -4.03. The molecule has 6 rings (SSSR count). The molecule has 0 radical (unpaired) electrons. The van der Waals surface area contributed by atoms with Crippen molar-refractivity contribution in [3.63, 3.8) is 0 Å². The Morgan fingerprint density at radius 1 is 0.971 bits per heavy atom. The quantitative estimate of drug-likeness (QED) is 0.390. The highest BCUT2D eigenvalue weighted by Crippen LogP contribution is 2.31. The molecule has 0 amide bonds. The Bertz CT molecular complexity index is 1420. The van der Waals surface area contributed by atoms with Gasteiger partial charge in [0.15, 0.2) is 5.82 Å². The van der Waals surface area contributed by atoms with Crippen LogP contribution in [0, 0.1) is 0 Å². The zero-order chi connectivity index (χ0) is 22.7. The van der Waals surface area contributed by atoms with Crippen LogP contribution in [0.3, 0.4) is 0 Å². The van der Waals surface area contributed by atoms with Crippen LogP contribution >= 0.6 is 0 Å². The van der Waals surface area contributed by atoms with Gasteiger partial charge in [-0.05, 0) is 35.4 Å². The summed E-state index contributed by atoms with van der Waals surface area (Å²) in [5, 5.41) is 1.16. The van der Waals surface area contributed by atoms with Gasteiger partial charge < -0.3 is 9.72 Å². The van der Waals surface area contributed by atoms with Crippen LogP contribution in [0.2, 0.25) is 0 Å². The summed E-state index contributed by atoms with van der Waals surface area (Å²) >= 11 is 0. The molecule has 5 aromatic rings. The van der Waals surface area contributed by atoms with Crippen molar-refractivity contribution in [2.45, 2.75) is 26.1 Å². The number of fused-ring (bicyclic) bond motifs is 2. The van der Waals surface area contributed by atoms with E-state index in [-0.39, 0.29) is 0 Å². The molecule has 0 bridgehead atoms. The van der Waals surface area contributed by atoms with E-state index in [4.69, 9.17) is 9.72 Å². The van der Waals surface area contributed by atoms with E-state index in [0.29, 0.717) is 6.61 Å². The van der Waals surface area contributed by atoms with Crippen molar-refractivity contribution >= 4 is 10.9 Å². The number of nitrogens with zero attached hydrogens (tertiary/aromatic N) is 4. The molecule has 1 aliphatic rings. The van der Waals surface area contributed by atoms with E-state index in [1.807, 2.05) is 42.6 Å². The number of H-pyrrole nitrogens is 1. The molecule has 1 N–H and O–H groups in total. The summed E-state index contributed by atoms with van der Waals surface area (Å²) in [6.45, 7) is 3.20. The summed E-state index contributed by atoms with van der Waals surface area (Å²) in [5.41, 5.74) is 6.85. The minimum absolute atomic E-state index is 0.554. The molecule has 3 aromatic heterocycles. The number of nitrogens with one attached hydrogen (secondary N) is 1. The van der Waals surface area contributed by atoms with E-state index >= 15 is 0 Å². The zero-order valence-electron chi connectivity index (χ0n) is 18.8. The van der Waals surface area contributed by atoms with Crippen molar-refractivity contribution in [2.24, 2.45) is 0 Å². The smallest absolute Gasteiger partial charge is 0.159 e. The van der Waals surface area contributed by atoms with Gasteiger partial charge in [0, 0.05) is 72.9 Å². The first-order chi connectivity index (χ1) is 16.8. The number of pyridine rings is 1. The molecule has 1 aliphatic heterocycles. The second-order valence-corrected chi connectivity index (χ2v) is 8.63. The predicted molar refractivity (Wildman–Crippen MR) is 132 cm³/mol. The van der Waals surface area contributed by atoms with Gasteiger partial charge >= 0.3 is 0 Å². The zero-order valence-corrected chi connectivity index (χ0v) is 18.8. The van der Waals surface area contributed by atoms with Gasteiger partial charge in [0.1, 0.15) is 12.4 Å². The minimum atomic E-state index is 0.554. The molecule has 6 heteroatoms.